The SMILES string of the molecule is O=C(O)c1ccc(C2c3ccc(O)cc3Oc3cc(O)ccc32)c(C(=O)O)c1. The van der Waals surface area contributed by atoms with Crippen molar-refractivity contribution in [3.05, 3.63) is 82.4 Å². The van der Waals surface area contributed by atoms with Crippen molar-refractivity contribution in [2.24, 2.45) is 0 Å². The molecule has 1 aliphatic rings. The molecule has 0 saturated carbocycles. The van der Waals surface area contributed by atoms with Gasteiger partial charge in [-0.15, -0.1) is 0 Å². The molecule has 0 atom stereocenters. The largest absolute Gasteiger partial charge is 0.508 e. The zero-order valence-electron chi connectivity index (χ0n) is 14.3. The Bertz CT molecular complexity index is 1080. The lowest BCUT2D eigenvalue weighted by Gasteiger charge is -2.29. The average molecular weight is 378 g/mol. The topological polar surface area (TPSA) is 124 Å². The van der Waals surface area contributed by atoms with E-state index < -0.39 is 17.9 Å². The van der Waals surface area contributed by atoms with Crippen molar-refractivity contribution in [2.75, 3.05) is 0 Å². The number of carboxylic acids is 2. The van der Waals surface area contributed by atoms with E-state index in [0.717, 1.165) is 6.07 Å². The second-order valence-electron chi connectivity index (χ2n) is 6.39. The molecule has 28 heavy (non-hydrogen) atoms. The Morgan fingerprint density at radius 3 is 1.75 bits per heavy atom. The number of aromatic hydroxyl groups is 2. The number of aromatic carboxylic acids is 2. The van der Waals surface area contributed by atoms with Crippen molar-refractivity contribution >= 4 is 11.9 Å². The lowest BCUT2D eigenvalue weighted by atomic mass is 9.80. The molecule has 0 aliphatic carbocycles. The van der Waals surface area contributed by atoms with E-state index in [9.17, 15) is 30.0 Å². The first-order chi connectivity index (χ1) is 13.3. The maximum atomic E-state index is 11.9. The van der Waals surface area contributed by atoms with Crippen LogP contribution in [0.1, 0.15) is 43.3 Å². The van der Waals surface area contributed by atoms with Crippen LogP contribution in [0.15, 0.2) is 54.6 Å². The van der Waals surface area contributed by atoms with Crippen LogP contribution in [-0.2, 0) is 0 Å². The molecule has 7 nitrogen and oxygen atoms in total. The first-order valence-electron chi connectivity index (χ1n) is 8.29. The van der Waals surface area contributed by atoms with E-state index in [1.54, 1.807) is 12.1 Å². The molecule has 0 aromatic heterocycles. The molecule has 0 radical (unpaired) electrons. The van der Waals surface area contributed by atoms with Crippen LogP contribution in [0.2, 0.25) is 0 Å². The Morgan fingerprint density at radius 2 is 1.25 bits per heavy atom. The quantitative estimate of drug-likeness (QED) is 0.428. The van der Waals surface area contributed by atoms with E-state index in [1.165, 1.54) is 36.4 Å². The minimum atomic E-state index is -1.26. The number of rotatable bonds is 3. The van der Waals surface area contributed by atoms with Gasteiger partial charge in [-0.25, -0.2) is 9.59 Å². The number of benzene rings is 3. The van der Waals surface area contributed by atoms with Crippen LogP contribution >= 0.6 is 0 Å². The smallest absolute Gasteiger partial charge is 0.336 e. The van der Waals surface area contributed by atoms with Crippen molar-refractivity contribution in [2.45, 2.75) is 5.92 Å². The predicted octanol–water partition coefficient (Wildman–Crippen LogP) is 3.78. The van der Waals surface area contributed by atoms with Crippen molar-refractivity contribution < 1.29 is 34.8 Å². The Hall–Kier alpha value is -4.00. The molecular formula is C21H14O7. The summed E-state index contributed by atoms with van der Waals surface area (Å²) in [7, 11) is 0. The number of phenolic OH excluding ortho intramolecular Hbond substituents is 2. The summed E-state index contributed by atoms with van der Waals surface area (Å²) >= 11 is 0. The predicted molar refractivity (Wildman–Crippen MR) is 97.6 cm³/mol. The van der Waals surface area contributed by atoms with E-state index >= 15 is 0 Å². The molecule has 0 bridgehead atoms. The highest BCUT2D eigenvalue weighted by Gasteiger charge is 2.32. The lowest BCUT2D eigenvalue weighted by Crippen LogP contribution is -2.16. The third-order valence-electron chi connectivity index (χ3n) is 4.68. The molecule has 1 heterocycles. The Kier molecular flexibility index (Phi) is 3.93. The van der Waals surface area contributed by atoms with Crippen LogP contribution in [0, 0.1) is 0 Å². The van der Waals surface area contributed by atoms with Crippen LogP contribution in [0.5, 0.6) is 23.0 Å². The highest BCUT2D eigenvalue weighted by atomic mass is 16.5. The lowest BCUT2D eigenvalue weighted by molar-refractivity contribution is 0.0695. The molecular weight excluding hydrogens is 364 g/mol. The van der Waals surface area contributed by atoms with Gasteiger partial charge in [0, 0.05) is 29.2 Å². The molecule has 0 fully saturated rings. The Morgan fingerprint density at radius 1 is 0.714 bits per heavy atom. The van der Waals surface area contributed by atoms with Crippen molar-refractivity contribution in [3.63, 3.8) is 0 Å². The Balaban J connectivity index is 2.00. The summed E-state index contributed by atoms with van der Waals surface area (Å²) in [6.45, 7) is 0. The van der Waals surface area contributed by atoms with E-state index in [0.29, 0.717) is 28.2 Å². The van der Waals surface area contributed by atoms with Gasteiger partial charge in [0.05, 0.1) is 11.1 Å². The fourth-order valence-electron chi connectivity index (χ4n) is 3.45. The van der Waals surface area contributed by atoms with Crippen molar-refractivity contribution in [1.29, 1.82) is 0 Å². The molecule has 1 aliphatic heterocycles. The number of hydrogen-bond acceptors (Lipinski definition) is 5. The second-order valence-corrected chi connectivity index (χ2v) is 6.39. The molecule has 0 spiro atoms. The highest BCUT2D eigenvalue weighted by Crippen LogP contribution is 2.49. The highest BCUT2D eigenvalue weighted by molar-refractivity contribution is 5.95. The zero-order chi connectivity index (χ0) is 20.0. The molecule has 0 amide bonds. The van der Waals surface area contributed by atoms with Gasteiger partial charge in [-0.1, -0.05) is 18.2 Å². The van der Waals surface area contributed by atoms with E-state index in [2.05, 4.69) is 0 Å². The molecule has 3 aromatic carbocycles. The summed E-state index contributed by atoms with van der Waals surface area (Å²) in [6, 6.07) is 12.9. The van der Waals surface area contributed by atoms with Crippen LogP contribution in [0.25, 0.3) is 0 Å². The normalized spacial score (nSPS) is 12.6. The minimum Gasteiger partial charge on any atom is -0.508 e. The maximum absolute atomic E-state index is 11.9. The Labute approximate surface area is 158 Å². The van der Waals surface area contributed by atoms with Gasteiger partial charge in [0.2, 0.25) is 0 Å². The fourth-order valence-corrected chi connectivity index (χ4v) is 3.45. The number of carboxylic acid groups (broad SMARTS) is 2. The molecule has 140 valence electrons. The molecule has 0 saturated heterocycles. The summed E-state index contributed by atoms with van der Waals surface area (Å²) in [5.41, 5.74) is 1.32. The van der Waals surface area contributed by atoms with Gasteiger partial charge >= 0.3 is 11.9 Å². The number of fused-ring (bicyclic) bond motifs is 2. The van der Waals surface area contributed by atoms with E-state index in [-0.39, 0.29) is 22.6 Å². The third-order valence-corrected chi connectivity index (χ3v) is 4.68. The summed E-state index contributed by atoms with van der Waals surface area (Å²) in [5.74, 6) is -2.49. The molecule has 3 aromatic rings. The van der Waals surface area contributed by atoms with Crippen molar-refractivity contribution in [1.82, 2.24) is 0 Å². The van der Waals surface area contributed by atoms with E-state index in [1.807, 2.05) is 0 Å². The number of hydrogen-bond donors (Lipinski definition) is 4. The van der Waals surface area contributed by atoms with Gasteiger partial charge in [0.1, 0.15) is 23.0 Å². The standard InChI is InChI=1S/C21H14O7/c22-11-2-5-14-17(8-11)28-18-9-12(23)3-6-15(18)19(14)13-4-1-10(20(24)25)7-16(13)21(26)27/h1-9,19,22-23H,(H,24,25)(H,26,27). The van der Waals surface area contributed by atoms with Gasteiger partial charge in [-0.05, 0) is 29.8 Å². The minimum absolute atomic E-state index is 0.0270. The second kappa shape index (κ2) is 6.31. The maximum Gasteiger partial charge on any atom is 0.336 e. The monoisotopic (exact) mass is 378 g/mol. The third kappa shape index (κ3) is 2.79. The number of carbonyl (C=O) groups is 2. The molecule has 4 N–H and O–H groups in total. The van der Waals surface area contributed by atoms with E-state index in [4.69, 9.17) is 4.74 Å². The fraction of sp³-hybridized carbons (Fsp3) is 0.0476. The van der Waals surface area contributed by atoms with Crippen LogP contribution in [0.4, 0.5) is 0 Å². The zero-order valence-corrected chi connectivity index (χ0v) is 14.3. The van der Waals surface area contributed by atoms with Gasteiger partial charge in [0.25, 0.3) is 0 Å². The van der Waals surface area contributed by atoms with Crippen LogP contribution in [-0.4, -0.2) is 32.4 Å². The number of ether oxygens (including phenoxy) is 1. The van der Waals surface area contributed by atoms with Crippen molar-refractivity contribution in [3.8, 4) is 23.0 Å². The molecule has 7 heteroatoms. The summed E-state index contributed by atoms with van der Waals surface area (Å²) in [5, 5.41) is 38.5. The average Bonchev–Trinajstić information content (AvgIpc) is 2.65. The summed E-state index contributed by atoms with van der Waals surface area (Å²) in [6.07, 6.45) is 0. The van der Waals surface area contributed by atoms with Gasteiger partial charge in [0.15, 0.2) is 0 Å². The first-order valence-corrected chi connectivity index (χ1v) is 8.29. The molecule has 0 unspecified atom stereocenters. The summed E-state index contributed by atoms with van der Waals surface area (Å²) < 4.78 is 5.79. The summed E-state index contributed by atoms with van der Waals surface area (Å²) in [4.78, 5) is 23.1. The van der Waals surface area contributed by atoms with Crippen LogP contribution < -0.4 is 4.74 Å². The molecule has 4 rings (SSSR count). The van der Waals surface area contributed by atoms with Gasteiger partial charge in [-0.3, -0.25) is 0 Å². The number of phenols is 2. The van der Waals surface area contributed by atoms with Gasteiger partial charge in [-0.2, -0.15) is 0 Å². The van der Waals surface area contributed by atoms with Gasteiger partial charge < -0.3 is 25.2 Å². The van der Waals surface area contributed by atoms with Crippen LogP contribution in [0.3, 0.4) is 0 Å². The first kappa shape index (κ1) is 17.4.